The van der Waals surface area contributed by atoms with Crippen molar-refractivity contribution in [3.63, 3.8) is 0 Å². The fraction of sp³-hybridized carbons (Fsp3) is 0.571. The van der Waals surface area contributed by atoms with Gasteiger partial charge in [-0.3, -0.25) is 13.9 Å². The largest absolute Gasteiger partial charge is 0.391 e. The lowest BCUT2D eigenvalue weighted by Gasteiger charge is -2.11. The van der Waals surface area contributed by atoms with E-state index in [9.17, 15) is 14.7 Å². The van der Waals surface area contributed by atoms with Crippen LogP contribution in [0, 0.1) is 6.92 Å². The molecular formula is C14H20N2O5S. The lowest BCUT2D eigenvalue weighted by Crippen LogP contribution is -2.41. The molecule has 0 spiro atoms. The number of nitrogens with zero attached hydrogens (tertiary/aromatic N) is 2. The molecule has 1 N–H and O–H groups in total. The standard InChI is InChI=1S/C14H20N2O5S/c1-9-10(8-17)22-13-11(9)12(18)15(4-6-20-2)14(19)16(13)5-7-21-3/h17H,4-8H2,1-3H3. The quantitative estimate of drug-likeness (QED) is 0.791. The number of hydrogen-bond acceptors (Lipinski definition) is 6. The Balaban J connectivity index is 2.77. The zero-order valence-electron chi connectivity index (χ0n) is 12.9. The Morgan fingerprint density at radius 3 is 2.23 bits per heavy atom. The summed E-state index contributed by atoms with van der Waals surface area (Å²) in [6.45, 7) is 2.83. The minimum atomic E-state index is -0.377. The van der Waals surface area contributed by atoms with E-state index in [-0.39, 0.29) is 31.0 Å². The summed E-state index contributed by atoms with van der Waals surface area (Å²) in [6, 6.07) is 0. The van der Waals surface area contributed by atoms with Crippen LogP contribution in [0.4, 0.5) is 0 Å². The molecule has 0 aliphatic rings. The molecule has 0 fully saturated rings. The van der Waals surface area contributed by atoms with Crippen molar-refractivity contribution in [3.05, 3.63) is 31.3 Å². The van der Waals surface area contributed by atoms with Gasteiger partial charge in [0, 0.05) is 19.1 Å². The number of aliphatic hydroxyl groups is 1. The fourth-order valence-electron chi connectivity index (χ4n) is 2.35. The number of aliphatic hydroxyl groups excluding tert-OH is 1. The number of thiophene rings is 1. The van der Waals surface area contributed by atoms with Gasteiger partial charge < -0.3 is 14.6 Å². The molecule has 7 nitrogen and oxygen atoms in total. The van der Waals surface area contributed by atoms with E-state index in [0.717, 1.165) is 5.56 Å². The lowest BCUT2D eigenvalue weighted by molar-refractivity contribution is 0.179. The summed E-state index contributed by atoms with van der Waals surface area (Å²) in [5.74, 6) is 0. The highest BCUT2D eigenvalue weighted by molar-refractivity contribution is 7.18. The van der Waals surface area contributed by atoms with Crippen molar-refractivity contribution in [1.29, 1.82) is 0 Å². The molecule has 2 heterocycles. The van der Waals surface area contributed by atoms with E-state index in [4.69, 9.17) is 9.47 Å². The van der Waals surface area contributed by atoms with Crippen LogP contribution in [0.5, 0.6) is 0 Å². The van der Waals surface area contributed by atoms with E-state index >= 15 is 0 Å². The van der Waals surface area contributed by atoms with Crippen molar-refractivity contribution >= 4 is 21.6 Å². The number of methoxy groups -OCH3 is 2. The molecule has 0 saturated heterocycles. The Morgan fingerprint density at radius 2 is 1.68 bits per heavy atom. The molecule has 2 aromatic heterocycles. The van der Waals surface area contributed by atoms with Crippen LogP contribution >= 0.6 is 11.3 Å². The second kappa shape index (κ2) is 7.19. The third kappa shape index (κ3) is 2.87. The molecule has 2 rings (SSSR count). The van der Waals surface area contributed by atoms with Crippen LogP contribution < -0.4 is 11.2 Å². The molecule has 0 unspecified atom stereocenters. The summed E-state index contributed by atoms with van der Waals surface area (Å²) in [5, 5.41) is 9.91. The molecule has 2 aromatic rings. The van der Waals surface area contributed by atoms with Crippen molar-refractivity contribution in [2.75, 3.05) is 27.4 Å². The molecule has 0 saturated carbocycles. The molecule has 0 aliphatic heterocycles. The van der Waals surface area contributed by atoms with Gasteiger partial charge in [-0.2, -0.15) is 0 Å². The van der Waals surface area contributed by atoms with E-state index in [1.165, 1.54) is 27.6 Å². The average Bonchev–Trinajstić information content (AvgIpc) is 2.84. The van der Waals surface area contributed by atoms with Gasteiger partial charge in [0.25, 0.3) is 5.56 Å². The van der Waals surface area contributed by atoms with Gasteiger partial charge in [-0.05, 0) is 12.5 Å². The zero-order chi connectivity index (χ0) is 16.3. The zero-order valence-corrected chi connectivity index (χ0v) is 13.7. The average molecular weight is 328 g/mol. The Labute approximate surface area is 131 Å². The van der Waals surface area contributed by atoms with Crippen molar-refractivity contribution < 1.29 is 14.6 Å². The van der Waals surface area contributed by atoms with Crippen LogP contribution in [0.25, 0.3) is 10.2 Å². The molecule has 0 bridgehead atoms. The summed E-state index contributed by atoms with van der Waals surface area (Å²) in [6.07, 6.45) is 0. The molecule has 0 aromatic carbocycles. The monoisotopic (exact) mass is 328 g/mol. The molecule has 8 heteroatoms. The number of rotatable bonds is 7. The van der Waals surface area contributed by atoms with Crippen molar-refractivity contribution in [2.45, 2.75) is 26.6 Å². The molecule has 0 amide bonds. The Kier molecular flexibility index (Phi) is 5.52. The van der Waals surface area contributed by atoms with E-state index in [1.807, 2.05) is 0 Å². The van der Waals surface area contributed by atoms with Crippen LogP contribution in [-0.4, -0.2) is 41.7 Å². The topological polar surface area (TPSA) is 82.7 Å². The van der Waals surface area contributed by atoms with Crippen LogP contribution in [0.1, 0.15) is 10.4 Å². The van der Waals surface area contributed by atoms with E-state index < -0.39 is 0 Å². The molecular weight excluding hydrogens is 308 g/mol. The van der Waals surface area contributed by atoms with E-state index in [1.54, 1.807) is 14.0 Å². The SMILES string of the molecule is COCCn1c(=O)c2c(C)c(CO)sc2n(CCOC)c1=O. The van der Waals surface area contributed by atoms with Gasteiger partial charge in [-0.15, -0.1) is 11.3 Å². The number of ether oxygens (including phenoxy) is 2. The predicted molar refractivity (Wildman–Crippen MR) is 84.8 cm³/mol. The molecule has 0 atom stereocenters. The Morgan fingerprint density at radius 1 is 1.09 bits per heavy atom. The van der Waals surface area contributed by atoms with Crippen molar-refractivity contribution in [1.82, 2.24) is 9.13 Å². The number of aromatic nitrogens is 2. The van der Waals surface area contributed by atoms with Gasteiger partial charge in [0.2, 0.25) is 0 Å². The van der Waals surface area contributed by atoms with Crippen molar-refractivity contribution in [2.24, 2.45) is 0 Å². The van der Waals surface area contributed by atoms with Crippen molar-refractivity contribution in [3.8, 4) is 0 Å². The number of hydrogen-bond donors (Lipinski definition) is 1. The maximum Gasteiger partial charge on any atom is 0.332 e. The first-order valence-electron chi connectivity index (χ1n) is 6.91. The summed E-state index contributed by atoms with van der Waals surface area (Å²) in [5.41, 5.74) is 0.0151. The maximum atomic E-state index is 12.6. The summed E-state index contributed by atoms with van der Waals surface area (Å²) in [7, 11) is 3.08. The highest BCUT2D eigenvalue weighted by Gasteiger charge is 2.19. The summed E-state index contributed by atoms with van der Waals surface area (Å²) >= 11 is 1.27. The first kappa shape index (κ1) is 16.9. The molecule has 0 aliphatic carbocycles. The second-order valence-electron chi connectivity index (χ2n) is 4.87. The van der Waals surface area contributed by atoms with Gasteiger partial charge in [-0.1, -0.05) is 0 Å². The normalized spacial score (nSPS) is 11.5. The fourth-order valence-corrected chi connectivity index (χ4v) is 3.53. The van der Waals surface area contributed by atoms with Gasteiger partial charge in [0.1, 0.15) is 4.83 Å². The van der Waals surface area contributed by atoms with Gasteiger partial charge in [-0.25, -0.2) is 4.79 Å². The van der Waals surface area contributed by atoms with Crippen LogP contribution in [0.2, 0.25) is 0 Å². The smallest absolute Gasteiger partial charge is 0.332 e. The van der Waals surface area contributed by atoms with E-state index in [0.29, 0.717) is 28.2 Å². The first-order chi connectivity index (χ1) is 10.6. The molecule has 22 heavy (non-hydrogen) atoms. The lowest BCUT2D eigenvalue weighted by atomic mass is 10.2. The van der Waals surface area contributed by atoms with Gasteiger partial charge >= 0.3 is 5.69 Å². The third-order valence-corrected chi connectivity index (χ3v) is 4.87. The van der Waals surface area contributed by atoms with E-state index in [2.05, 4.69) is 0 Å². The Bertz CT molecular complexity index is 774. The van der Waals surface area contributed by atoms with Gasteiger partial charge in [0.15, 0.2) is 0 Å². The predicted octanol–water partition coefficient (Wildman–Crippen LogP) is 0.318. The minimum Gasteiger partial charge on any atom is -0.391 e. The highest BCUT2D eigenvalue weighted by Crippen LogP contribution is 2.27. The van der Waals surface area contributed by atoms with Crippen LogP contribution in [-0.2, 0) is 29.2 Å². The summed E-state index contributed by atoms with van der Waals surface area (Å²) < 4.78 is 12.7. The maximum absolute atomic E-state index is 12.6. The van der Waals surface area contributed by atoms with Crippen LogP contribution in [0.3, 0.4) is 0 Å². The first-order valence-corrected chi connectivity index (χ1v) is 7.72. The Hall–Kier alpha value is -1.48. The van der Waals surface area contributed by atoms with Crippen LogP contribution in [0.15, 0.2) is 9.59 Å². The molecule has 122 valence electrons. The summed E-state index contributed by atoms with van der Waals surface area (Å²) in [4.78, 5) is 26.5. The van der Waals surface area contributed by atoms with Gasteiger partial charge in [0.05, 0.1) is 38.3 Å². The number of fused-ring (bicyclic) bond motifs is 1. The third-order valence-electron chi connectivity index (χ3n) is 3.57. The minimum absolute atomic E-state index is 0.152. The highest BCUT2D eigenvalue weighted by atomic mass is 32.1. The molecule has 0 radical (unpaired) electrons. The number of aryl methyl sites for hydroxylation is 1. The second-order valence-corrected chi connectivity index (χ2v) is 5.95.